The van der Waals surface area contributed by atoms with Crippen LogP contribution in [0, 0.1) is 0 Å². The van der Waals surface area contributed by atoms with Gasteiger partial charge < -0.3 is 19.9 Å². The molecule has 0 fully saturated rings. The summed E-state index contributed by atoms with van der Waals surface area (Å²) in [6.45, 7) is 12.8. The van der Waals surface area contributed by atoms with Crippen molar-refractivity contribution in [1.82, 2.24) is 5.32 Å². The molecule has 1 aromatic carbocycles. The van der Waals surface area contributed by atoms with E-state index in [9.17, 15) is 9.90 Å². The molecule has 0 saturated heterocycles. The van der Waals surface area contributed by atoms with Gasteiger partial charge in [-0.15, -0.1) is 11.8 Å². The number of ether oxygens (including phenoxy) is 2. The summed E-state index contributed by atoms with van der Waals surface area (Å²) >= 11 is 1.33. The van der Waals surface area contributed by atoms with Gasteiger partial charge in [-0.25, -0.2) is 0 Å². The van der Waals surface area contributed by atoms with Crippen LogP contribution in [-0.4, -0.2) is 30.2 Å². The fourth-order valence-electron chi connectivity index (χ4n) is 2.99. The zero-order valence-corrected chi connectivity index (χ0v) is 18.1. The highest BCUT2D eigenvalue weighted by Crippen LogP contribution is 2.43. The first-order valence-electron chi connectivity index (χ1n) is 9.06. The molecule has 1 aliphatic heterocycles. The van der Waals surface area contributed by atoms with Crippen LogP contribution in [0.5, 0.6) is 5.75 Å². The molecular weight excluding hydrogens is 362 g/mol. The third kappa shape index (κ3) is 5.06. The number of rotatable bonds is 5. The lowest BCUT2D eigenvalue weighted by molar-refractivity contribution is -0.121. The molecule has 2 unspecified atom stereocenters. The predicted molar refractivity (Wildman–Crippen MR) is 110 cm³/mol. The second-order valence-corrected chi connectivity index (χ2v) is 9.86. The summed E-state index contributed by atoms with van der Waals surface area (Å²) in [7, 11) is 1.60. The number of aliphatic hydroxyl groups is 1. The maximum absolute atomic E-state index is 12.2. The zero-order valence-electron chi connectivity index (χ0n) is 17.3. The SMILES string of the molecule is COCOc1c(C(C)(C)C)cc(C(O)C2SC=CNC2=O)cc1C(C)(C)C. The highest BCUT2D eigenvalue weighted by Gasteiger charge is 2.33. The minimum atomic E-state index is -0.918. The molecule has 1 amide bonds. The van der Waals surface area contributed by atoms with Gasteiger partial charge >= 0.3 is 0 Å². The molecule has 0 bridgehead atoms. The molecular formula is C21H31NO4S. The number of aliphatic hydroxyl groups excluding tert-OH is 1. The average Bonchev–Trinajstić information content (AvgIpc) is 2.57. The summed E-state index contributed by atoms with van der Waals surface area (Å²) < 4.78 is 11.1. The average molecular weight is 394 g/mol. The van der Waals surface area contributed by atoms with Crippen molar-refractivity contribution in [3.63, 3.8) is 0 Å². The molecule has 150 valence electrons. The van der Waals surface area contributed by atoms with E-state index in [1.807, 2.05) is 12.1 Å². The maximum Gasteiger partial charge on any atom is 0.240 e. The summed E-state index contributed by atoms with van der Waals surface area (Å²) in [4.78, 5) is 12.2. The van der Waals surface area contributed by atoms with Crippen LogP contribution < -0.4 is 10.1 Å². The number of carbonyl (C=O) groups is 1. The van der Waals surface area contributed by atoms with Crippen molar-refractivity contribution >= 4 is 17.7 Å². The Hall–Kier alpha value is -1.50. The molecule has 0 aromatic heterocycles. The number of amides is 1. The van der Waals surface area contributed by atoms with Crippen LogP contribution in [-0.2, 0) is 20.4 Å². The van der Waals surface area contributed by atoms with Crippen LogP contribution in [0.25, 0.3) is 0 Å². The van der Waals surface area contributed by atoms with Crippen molar-refractivity contribution in [2.24, 2.45) is 0 Å². The van der Waals surface area contributed by atoms with Crippen LogP contribution in [0.2, 0.25) is 0 Å². The van der Waals surface area contributed by atoms with Crippen LogP contribution in [0.3, 0.4) is 0 Å². The Morgan fingerprint density at radius 3 is 2.15 bits per heavy atom. The van der Waals surface area contributed by atoms with Crippen molar-refractivity contribution in [2.45, 2.75) is 63.7 Å². The van der Waals surface area contributed by atoms with E-state index in [4.69, 9.17) is 9.47 Å². The first-order chi connectivity index (χ1) is 12.5. The molecule has 2 atom stereocenters. The molecule has 6 heteroatoms. The van der Waals surface area contributed by atoms with Crippen LogP contribution in [0.15, 0.2) is 23.7 Å². The molecule has 0 radical (unpaired) electrons. The first-order valence-corrected chi connectivity index (χ1v) is 10.0. The van der Waals surface area contributed by atoms with Gasteiger partial charge in [0.25, 0.3) is 0 Å². The van der Waals surface area contributed by atoms with Crippen molar-refractivity contribution in [2.75, 3.05) is 13.9 Å². The Morgan fingerprint density at radius 1 is 1.15 bits per heavy atom. The number of nitrogens with one attached hydrogen (secondary N) is 1. The number of carbonyl (C=O) groups excluding carboxylic acids is 1. The van der Waals surface area contributed by atoms with Gasteiger partial charge in [-0.2, -0.15) is 0 Å². The molecule has 2 rings (SSSR count). The Bertz CT molecular complexity index is 681. The topological polar surface area (TPSA) is 67.8 Å². The van der Waals surface area contributed by atoms with Gasteiger partial charge in [0.2, 0.25) is 5.91 Å². The quantitative estimate of drug-likeness (QED) is 0.740. The summed E-state index contributed by atoms with van der Waals surface area (Å²) in [5.74, 6) is 0.595. The van der Waals surface area contributed by atoms with Crippen LogP contribution in [0.1, 0.15) is 64.3 Å². The van der Waals surface area contributed by atoms with Crippen molar-refractivity contribution in [3.05, 3.63) is 40.4 Å². The lowest BCUT2D eigenvalue weighted by Gasteiger charge is -2.32. The van der Waals surface area contributed by atoms with E-state index in [0.29, 0.717) is 0 Å². The third-order valence-electron chi connectivity index (χ3n) is 4.45. The summed E-state index contributed by atoms with van der Waals surface area (Å²) in [5, 5.41) is 14.9. The molecule has 0 spiro atoms. The van der Waals surface area contributed by atoms with Gasteiger partial charge in [0.05, 0.1) is 0 Å². The van der Waals surface area contributed by atoms with Crippen LogP contribution >= 0.6 is 11.8 Å². The largest absolute Gasteiger partial charge is 0.467 e. The van der Waals surface area contributed by atoms with E-state index in [0.717, 1.165) is 22.4 Å². The monoisotopic (exact) mass is 393 g/mol. The molecule has 1 aliphatic rings. The van der Waals surface area contributed by atoms with Gasteiger partial charge in [0, 0.05) is 24.4 Å². The summed E-state index contributed by atoms with van der Waals surface area (Å²) in [5.41, 5.74) is 2.27. The maximum atomic E-state index is 12.2. The normalized spacial score (nSPS) is 19.0. The smallest absolute Gasteiger partial charge is 0.240 e. The van der Waals surface area contributed by atoms with E-state index in [1.165, 1.54) is 11.8 Å². The van der Waals surface area contributed by atoms with Gasteiger partial charge in [-0.1, -0.05) is 41.5 Å². The van der Waals surface area contributed by atoms with Gasteiger partial charge in [0.15, 0.2) is 6.79 Å². The number of hydrogen-bond donors (Lipinski definition) is 2. The van der Waals surface area contributed by atoms with E-state index >= 15 is 0 Å². The van der Waals surface area contributed by atoms with Gasteiger partial charge in [-0.3, -0.25) is 4.79 Å². The fourth-order valence-corrected chi connectivity index (χ4v) is 3.80. The molecule has 2 N–H and O–H groups in total. The molecule has 1 aromatic rings. The lowest BCUT2D eigenvalue weighted by atomic mass is 9.77. The van der Waals surface area contributed by atoms with E-state index < -0.39 is 11.4 Å². The van der Waals surface area contributed by atoms with Gasteiger partial charge in [0.1, 0.15) is 17.1 Å². The minimum absolute atomic E-state index is 0.153. The van der Waals surface area contributed by atoms with Crippen molar-refractivity contribution < 1.29 is 19.4 Å². The summed E-state index contributed by atoms with van der Waals surface area (Å²) in [6.07, 6.45) is 0.678. The summed E-state index contributed by atoms with van der Waals surface area (Å²) in [6, 6.07) is 3.91. The predicted octanol–water partition coefficient (Wildman–Crippen LogP) is 4.00. The highest BCUT2D eigenvalue weighted by atomic mass is 32.2. The van der Waals surface area contributed by atoms with E-state index in [-0.39, 0.29) is 23.5 Å². The standard InChI is InChI=1S/C21H31NO4S/c1-20(2,3)14-10-13(16(23)18-19(24)22-8-9-27-18)11-15(21(4,5)6)17(14)26-12-25-7/h8-11,16,18,23H,12H2,1-7H3,(H,22,24). The Morgan fingerprint density at radius 2 is 1.70 bits per heavy atom. The lowest BCUT2D eigenvalue weighted by Crippen LogP contribution is -2.35. The van der Waals surface area contributed by atoms with Gasteiger partial charge in [-0.05, 0) is 33.9 Å². The third-order valence-corrected chi connectivity index (χ3v) is 5.51. The van der Waals surface area contributed by atoms with Crippen molar-refractivity contribution in [1.29, 1.82) is 0 Å². The second-order valence-electron chi connectivity index (χ2n) is 8.81. The fraction of sp³-hybridized carbons (Fsp3) is 0.571. The number of benzene rings is 1. The second kappa shape index (κ2) is 8.25. The van der Waals surface area contributed by atoms with E-state index in [1.54, 1.807) is 18.7 Å². The molecule has 5 nitrogen and oxygen atoms in total. The zero-order chi connectivity index (χ0) is 20.4. The Balaban J connectivity index is 2.62. The number of thioether (sulfide) groups is 1. The van der Waals surface area contributed by atoms with E-state index in [2.05, 4.69) is 46.9 Å². The number of hydrogen-bond acceptors (Lipinski definition) is 5. The molecule has 0 aliphatic carbocycles. The molecule has 1 heterocycles. The minimum Gasteiger partial charge on any atom is -0.467 e. The van der Waals surface area contributed by atoms with Crippen LogP contribution in [0.4, 0.5) is 0 Å². The highest BCUT2D eigenvalue weighted by molar-refractivity contribution is 8.03. The molecule has 27 heavy (non-hydrogen) atoms. The Kier molecular flexibility index (Phi) is 6.66. The molecule has 0 saturated carbocycles. The van der Waals surface area contributed by atoms with Crippen molar-refractivity contribution in [3.8, 4) is 5.75 Å². The Labute approximate surface area is 166 Å². The number of methoxy groups -OCH3 is 1. The first kappa shape index (κ1) is 21.8.